The second-order valence-corrected chi connectivity index (χ2v) is 8.05. The number of piperazine rings is 1. The number of benzene rings is 1. The van der Waals surface area contributed by atoms with E-state index in [4.69, 9.17) is 14.2 Å². The van der Waals surface area contributed by atoms with Crippen LogP contribution in [0.5, 0.6) is 11.5 Å². The maximum Gasteiger partial charge on any atom is 0.249 e. The standard InChI is InChI=1S/C23H31N3O4/c1-5-15(2)23(27)26-8-6-25(7-9-26)13-22-17-12-24-19-11-21(29-4)20(28-3)10-16(19)18(17)14-30-22/h5,10-11,14,17,22,24H,6-9,12-13H2,1-4H3/b15-5+. The SMILES string of the molecule is C/C=C(\C)C(=O)N1CCN(CC2OC=C3c4cc(OC)c(OC)cc4NCC32)CC1. The molecule has 30 heavy (non-hydrogen) atoms. The van der Waals surface area contributed by atoms with Gasteiger partial charge < -0.3 is 24.4 Å². The molecule has 3 aliphatic rings. The summed E-state index contributed by atoms with van der Waals surface area (Å²) in [4.78, 5) is 16.7. The van der Waals surface area contributed by atoms with E-state index in [0.717, 1.165) is 67.6 Å². The predicted octanol–water partition coefficient (Wildman–Crippen LogP) is 2.60. The molecule has 2 unspecified atom stereocenters. The molecule has 1 N–H and O–H groups in total. The molecule has 3 aliphatic heterocycles. The highest BCUT2D eigenvalue weighted by atomic mass is 16.5. The Bertz CT molecular complexity index is 871. The van der Waals surface area contributed by atoms with Gasteiger partial charge in [0, 0.05) is 73.6 Å². The molecule has 7 heteroatoms. The van der Waals surface area contributed by atoms with Crippen LogP contribution >= 0.6 is 0 Å². The summed E-state index contributed by atoms with van der Waals surface area (Å²) in [7, 11) is 3.31. The summed E-state index contributed by atoms with van der Waals surface area (Å²) >= 11 is 0. The minimum absolute atomic E-state index is 0.105. The third-order valence-corrected chi connectivity index (χ3v) is 6.43. The molecule has 1 aromatic rings. The highest BCUT2D eigenvalue weighted by molar-refractivity contribution is 5.92. The summed E-state index contributed by atoms with van der Waals surface area (Å²) < 4.78 is 17.0. The van der Waals surface area contributed by atoms with Crippen molar-refractivity contribution in [3.63, 3.8) is 0 Å². The van der Waals surface area contributed by atoms with Gasteiger partial charge in [-0.2, -0.15) is 0 Å². The van der Waals surface area contributed by atoms with Gasteiger partial charge in [0.15, 0.2) is 11.5 Å². The minimum Gasteiger partial charge on any atom is -0.496 e. The maximum absolute atomic E-state index is 12.4. The van der Waals surface area contributed by atoms with E-state index in [1.54, 1.807) is 14.2 Å². The van der Waals surface area contributed by atoms with Gasteiger partial charge >= 0.3 is 0 Å². The van der Waals surface area contributed by atoms with Crippen LogP contribution in [0.4, 0.5) is 5.69 Å². The number of carbonyl (C=O) groups excluding carboxylic acids is 1. The third-order valence-electron chi connectivity index (χ3n) is 6.43. The second kappa shape index (κ2) is 8.60. The quantitative estimate of drug-likeness (QED) is 0.749. The van der Waals surface area contributed by atoms with E-state index < -0.39 is 0 Å². The molecule has 0 radical (unpaired) electrons. The van der Waals surface area contributed by atoms with E-state index in [2.05, 4.69) is 10.2 Å². The van der Waals surface area contributed by atoms with E-state index in [-0.39, 0.29) is 12.0 Å². The van der Waals surface area contributed by atoms with Crippen LogP contribution in [0.2, 0.25) is 0 Å². The highest BCUT2D eigenvalue weighted by Crippen LogP contribution is 2.45. The van der Waals surface area contributed by atoms with Crippen LogP contribution < -0.4 is 14.8 Å². The van der Waals surface area contributed by atoms with Gasteiger partial charge in [0.2, 0.25) is 5.91 Å². The lowest BCUT2D eigenvalue weighted by Crippen LogP contribution is -2.51. The van der Waals surface area contributed by atoms with E-state index >= 15 is 0 Å². The molecular weight excluding hydrogens is 382 g/mol. The van der Waals surface area contributed by atoms with Crippen LogP contribution in [-0.2, 0) is 9.53 Å². The average molecular weight is 414 g/mol. The van der Waals surface area contributed by atoms with Crippen molar-refractivity contribution in [2.75, 3.05) is 58.8 Å². The Balaban J connectivity index is 1.39. The number of allylic oxidation sites excluding steroid dienone is 1. The number of hydrogen-bond donors (Lipinski definition) is 1. The van der Waals surface area contributed by atoms with Gasteiger partial charge in [-0.15, -0.1) is 0 Å². The highest BCUT2D eigenvalue weighted by Gasteiger charge is 2.38. The summed E-state index contributed by atoms with van der Waals surface area (Å²) in [5.74, 6) is 1.88. The van der Waals surface area contributed by atoms with Crippen LogP contribution in [0, 0.1) is 5.92 Å². The number of nitrogens with one attached hydrogen (secondary N) is 1. The molecule has 1 saturated heterocycles. The Morgan fingerprint density at radius 2 is 1.90 bits per heavy atom. The predicted molar refractivity (Wildman–Crippen MR) is 117 cm³/mol. The Morgan fingerprint density at radius 3 is 2.57 bits per heavy atom. The Hall–Kier alpha value is -2.67. The Labute approximate surface area is 178 Å². The smallest absolute Gasteiger partial charge is 0.249 e. The molecule has 2 atom stereocenters. The fraction of sp³-hybridized carbons (Fsp3) is 0.522. The molecule has 7 nitrogen and oxygen atoms in total. The fourth-order valence-corrected chi connectivity index (χ4v) is 4.46. The molecule has 1 amide bonds. The number of ether oxygens (including phenoxy) is 3. The zero-order valence-electron chi connectivity index (χ0n) is 18.2. The van der Waals surface area contributed by atoms with E-state index in [9.17, 15) is 4.79 Å². The zero-order chi connectivity index (χ0) is 21.3. The van der Waals surface area contributed by atoms with E-state index in [1.165, 1.54) is 5.57 Å². The average Bonchev–Trinajstić information content (AvgIpc) is 3.20. The van der Waals surface area contributed by atoms with Crippen LogP contribution in [0.1, 0.15) is 19.4 Å². The molecule has 0 aliphatic carbocycles. The number of methoxy groups -OCH3 is 2. The first-order valence-corrected chi connectivity index (χ1v) is 10.6. The number of carbonyl (C=O) groups is 1. The van der Waals surface area contributed by atoms with Crippen molar-refractivity contribution in [1.82, 2.24) is 9.80 Å². The number of amides is 1. The molecule has 0 saturated carbocycles. The fourth-order valence-electron chi connectivity index (χ4n) is 4.46. The van der Waals surface area contributed by atoms with Crippen molar-refractivity contribution >= 4 is 17.2 Å². The summed E-state index contributed by atoms with van der Waals surface area (Å²) in [5, 5.41) is 3.53. The van der Waals surface area contributed by atoms with Crippen molar-refractivity contribution in [3.8, 4) is 11.5 Å². The lowest BCUT2D eigenvalue weighted by atomic mass is 9.86. The molecule has 1 fully saturated rings. The molecule has 3 heterocycles. The van der Waals surface area contributed by atoms with Gasteiger partial charge in [-0.25, -0.2) is 0 Å². The van der Waals surface area contributed by atoms with Crippen LogP contribution in [0.15, 0.2) is 30.0 Å². The largest absolute Gasteiger partial charge is 0.496 e. The van der Waals surface area contributed by atoms with E-state index in [0.29, 0.717) is 5.92 Å². The lowest BCUT2D eigenvalue weighted by molar-refractivity contribution is -0.129. The number of anilines is 1. The number of rotatable bonds is 5. The first-order chi connectivity index (χ1) is 14.5. The molecule has 1 aromatic carbocycles. The first-order valence-electron chi connectivity index (χ1n) is 10.6. The molecule has 0 bridgehead atoms. The van der Waals surface area contributed by atoms with Crippen molar-refractivity contribution in [2.45, 2.75) is 20.0 Å². The summed E-state index contributed by atoms with van der Waals surface area (Å²) in [6, 6.07) is 4.01. The second-order valence-electron chi connectivity index (χ2n) is 8.05. The molecule has 0 aromatic heterocycles. The zero-order valence-corrected chi connectivity index (χ0v) is 18.2. The maximum atomic E-state index is 12.4. The summed E-state index contributed by atoms with van der Waals surface area (Å²) in [6.45, 7) is 8.76. The molecule has 4 rings (SSSR count). The van der Waals surface area contributed by atoms with Crippen molar-refractivity contribution in [3.05, 3.63) is 35.6 Å². The van der Waals surface area contributed by atoms with Gasteiger partial charge in [0.25, 0.3) is 0 Å². The summed E-state index contributed by atoms with van der Waals surface area (Å²) in [6.07, 6.45) is 3.90. The Kier molecular flexibility index (Phi) is 5.90. The number of fused-ring (bicyclic) bond motifs is 3. The minimum atomic E-state index is 0.105. The summed E-state index contributed by atoms with van der Waals surface area (Å²) in [5.41, 5.74) is 4.19. The first kappa shape index (κ1) is 20.6. The molecule has 162 valence electrons. The topological polar surface area (TPSA) is 63.3 Å². The normalized spacial score (nSPS) is 23.7. The van der Waals surface area contributed by atoms with Gasteiger partial charge in [-0.1, -0.05) is 6.08 Å². The van der Waals surface area contributed by atoms with Gasteiger partial charge in [0.05, 0.1) is 20.5 Å². The Morgan fingerprint density at radius 1 is 1.20 bits per heavy atom. The van der Waals surface area contributed by atoms with E-state index in [1.807, 2.05) is 43.2 Å². The van der Waals surface area contributed by atoms with Crippen molar-refractivity contribution < 1.29 is 19.0 Å². The molecule has 0 spiro atoms. The van der Waals surface area contributed by atoms with Crippen molar-refractivity contribution in [2.24, 2.45) is 5.92 Å². The lowest BCUT2D eigenvalue weighted by Gasteiger charge is -2.37. The van der Waals surface area contributed by atoms with Crippen LogP contribution in [0.3, 0.4) is 0 Å². The third kappa shape index (κ3) is 3.74. The van der Waals surface area contributed by atoms with Gasteiger partial charge in [0.1, 0.15) is 6.10 Å². The number of hydrogen-bond acceptors (Lipinski definition) is 6. The van der Waals surface area contributed by atoms with Crippen LogP contribution in [-0.4, -0.2) is 75.3 Å². The monoisotopic (exact) mass is 413 g/mol. The van der Waals surface area contributed by atoms with Crippen molar-refractivity contribution in [1.29, 1.82) is 0 Å². The van der Waals surface area contributed by atoms with Gasteiger partial charge in [-0.3, -0.25) is 9.69 Å². The van der Waals surface area contributed by atoms with Gasteiger partial charge in [-0.05, 0) is 19.9 Å². The van der Waals surface area contributed by atoms with Crippen LogP contribution in [0.25, 0.3) is 5.57 Å². The number of nitrogens with zero attached hydrogens (tertiary/aromatic N) is 2. The molecular formula is C23H31N3O4.